The molecule has 2 aromatic rings. The van der Waals surface area contributed by atoms with E-state index in [0.717, 1.165) is 0 Å². The molecule has 8 heteroatoms. The monoisotopic (exact) mass is 377 g/mol. The van der Waals surface area contributed by atoms with Gasteiger partial charge in [0.05, 0.1) is 15.8 Å². The van der Waals surface area contributed by atoms with Crippen LogP contribution in [0.1, 0.15) is 0 Å². The van der Waals surface area contributed by atoms with Crippen molar-refractivity contribution in [3.8, 4) is 5.75 Å². The number of thioether (sulfide) groups is 1. The molecule has 0 heterocycles. The Morgan fingerprint density at radius 1 is 1.13 bits per heavy atom. The Balaban J connectivity index is 1.90. The normalized spacial score (nSPS) is 10.7. The summed E-state index contributed by atoms with van der Waals surface area (Å²) in [7, 11) is 0. The number of halogens is 4. The van der Waals surface area contributed by atoms with Crippen LogP contribution in [0.25, 0.3) is 0 Å². The van der Waals surface area contributed by atoms with Crippen LogP contribution in [0.15, 0.2) is 47.4 Å². The van der Waals surface area contributed by atoms with Crippen molar-refractivity contribution < 1.29 is 18.3 Å². The minimum atomic E-state index is -2.88. The number of carbonyl (C=O) groups is 1. The lowest BCUT2D eigenvalue weighted by molar-refractivity contribution is -0.113. The zero-order chi connectivity index (χ0) is 16.8. The predicted octanol–water partition coefficient (Wildman–Crippen LogP) is 5.33. The lowest BCUT2D eigenvalue weighted by atomic mass is 10.3. The van der Waals surface area contributed by atoms with Gasteiger partial charge >= 0.3 is 6.61 Å². The first-order valence-electron chi connectivity index (χ1n) is 6.37. The summed E-state index contributed by atoms with van der Waals surface area (Å²) in [5.41, 5.74) is 0.475. The molecule has 2 rings (SSSR count). The van der Waals surface area contributed by atoms with Crippen LogP contribution in [0.4, 0.5) is 14.5 Å². The molecular weight excluding hydrogens is 367 g/mol. The van der Waals surface area contributed by atoms with Gasteiger partial charge in [0.2, 0.25) is 5.91 Å². The van der Waals surface area contributed by atoms with Crippen molar-refractivity contribution >= 4 is 46.6 Å². The zero-order valence-electron chi connectivity index (χ0n) is 11.6. The average molecular weight is 378 g/mol. The molecule has 0 unspecified atom stereocenters. The second-order valence-electron chi connectivity index (χ2n) is 4.29. The van der Waals surface area contributed by atoms with Crippen LogP contribution in [0, 0.1) is 0 Å². The molecule has 23 heavy (non-hydrogen) atoms. The molecule has 0 fully saturated rings. The molecule has 0 bridgehead atoms. The Bertz CT molecular complexity index is 663. The number of anilines is 1. The molecule has 1 amide bonds. The van der Waals surface area contributed by atoms with Crippen LogP contribution in [0.5, 0.6) is 5.75 Å². The van der Waals surface area contributed by atoms with Gasteiger partial charge in [0, 0.05) is 10.6 Å². The van der Waals surface area contributed by atoms with Gasteiger partial charge in [-0.25, -0.2) is 0 Å². The molecule has 0 aliphatic heterocycles. The Labute approximate surface area is 145 Å². The summed E-state index contributed by atoms with van der Waals surface area (Å²) < 4.78 is 28.3. The number of hydrogen-bond acceptors (Lipinski definition) is 3. The van der Waals surface area contributed by atoms with Crippen molar-refractivity contribution in [2.75, 3.05) is 11.1 Å². The lowest BCUT2D eigenvalue weighted by Crippen LogP contribution is -2.14. The van der Waals surface area contributed by atoms with Crippen LogP contribution in [-0.4, -0.2) is 18.3 Å². The lowest BCUT2D eigenvalue weighted by Gasteiger charge is -2.08. The van der Waals surface area contributed by atoms with E-state index in [9.17, 15) is 13.6 Å². The van der Waals surface area contributed by atoms with E-state index in [2.05, 4.69) is 10.1 Å². The minimum absolute atomic E-state index is 0.0234. The summed E-state index contributed by atoms with van der Waals surface area (Å²) in [6, 6.07) is 10.7. The number of hydrogen-bond donors (Lipinski definition) is 1. The maximum atomic E-state index is 12.0. The number of nitrogens with one attached hydrogen (secondary N) is 1. The maximum absolute atomic E-state index is 12.0. The third-order valence-electron chi connectivity index (χ3n) is 2.63. The average Bonchev–Trinajstić information content (AvgIpc) is 2.48. The van der Waals surface area contributed by atoms with E-state index in [1.54, 1.807) is 18.2 Å². The number of carbonyl (C=O) groups excluding carboxylic acids is 1. The first-order chi connectivity index (χ1) is 11.0. The molecule has 0 atom stereocenters. The molecule has 2 aromatic carbocycles. The molecule has 0 saturated carbocycles. The van der Waals surface area contributed by atoms with Gasteiger partial charge in [-0.15, -0.1) is 11.8 Å². The molecular formula is C15H11Cl2F2NO2S. The minimum Gasteiger partial charge on any atom is -0.435 e. The van der Waals surface area contributed by atoms with E-state index in [-0.39, 0.29) is 17.4 Å². The van der Waals surface area contributed by atoms with E-state index in [1.807, 2.05) is 0 Å². The summed E-state index contributed by atoms with van der Waals surface area (Å²) in [4.78, 5) is 12.5. The smallest absolute Gasteiger partial charge is 0.387 e. The van der Waals surface area contributed by atoms with Crippen molar-refractivity contribution in [3.05, 3.63) is 52.5 Å². The largest absolute Gasteiger partial charge is 0.435 e. The van der Waals surface area contributed by atoms with Crippen molar-refractivity contribution in [1.29, 1.82) is 0 Å². The first kappa shape index (κ1) is 17.8. The van der Waals surface area contributed by atoms with Crippen LogP contribution < -0.4 is 10.1 Å². The molecule has 0 aliphatic carbocycles. The van der Waals surface area contributed by atoms with E-state index < -0.39 is 6.61 Å². The van der Waals surface area contributed by atoms with Gasteiger partial charge < -0.3 is 10.1 Å². The van der Waals surface area contributed by atoms with Crippen molar-refractivity contribution in [3.63, 3.8) is 0 Å². The van der Waals surface area contributed by atoms with Crippen LogP contribution in [0.2, 0.25) is 10.0 Å². The number of benzene rings is 2. The quantitative estimate of drug-likeness (QED) is 0.691. The summed E-state index contributed by atoms with van der Waals surface area (Å²) >= 11 is 13.3. The van der Waals surface area contributed by atoms with Gasteiger partial charge in [-0.1, -0.05) is 29.3 Å². The van der Waals surface area contributed by atoms with Gasteiger partial charge in [0.25, 0.3) is 0 Å². The number of alkyl halides is 2. The van der Waals surface area contributed by atoms with Crippen molar-refractivity contribution in [1.82, 2.24) is 0 Å². The molecule has 122 valence electrons. The zero-order valence-corrected chi connectivity index (χ0v) is 13.9. The molecule has 0 aromatic heterocycles. The standard InChI is InChI=1S/C15H11Cl2F2NO2S/c16-11-2-1-3-12(17)14(11)23-8-13(21)20-9-4-6-10(7-5-9)22-15(18)19/h1-7,15H,8H2,(H,20,21). The highest BCUT2D eigenvalue weighted by molar-refractivity contribution is 8.00. The van der Waals surface area contributed by atoms with Gasteiger partial charge in [-0.3, -0.25) is 4.79 Å². The molecule has 0 spiro atoms. The SMILES string of the molecule is O=C(CSc1c(Cl)cccc1Cl)Nc1ccc(OC(F)F)cc1. The second kappa shape index (κ2) is 8.38. The highest BCUT2D eigenvalue weighted by Crippen LogP contribution is 2.33. The second-order valence-corrected chi connectivity index (χ2v) is 6.09. The summed E-state index contributed by atoms with van der Waals surface area (Å²) in [5, 5.41) is 3.59. The van der Waals surface area contributed by atoms with E-state index in [0.29, 0.717) is 20.6 Å². The van der Waals surface area contributed by atoms with Gasteiger partial charge in [0.1, 0.15) is 5.75 Å². The fraction of sp³-hybridized carbons (Fsp3) is 0.133. The number of rotatable bonds is 6. The number of ether oxygens (including phenoxy) is 1. The Morgan fingerprint density at radius 2 is 1.74 bits per heavy atom. The van der Waals surface area contributed by atoms with Crippen LogP contribution >= 0.6 is 35.0 Å². The Morgan fingerprint density at radius 3 is 2.30 bits per heavy atom. The van der Waals surface area contributed by atoms with E-state index in [1.165, 1.54) is 36.0 Å². The first-order valence-corrected chi connectivity index (χ1v) is 8.11. The van der Waals surface area contributed by atoms with Crippen molar-refractivity contribution in [2.24, 2.45) is 0 Å². The van der Waals surface area contributed by atoms with E-state index >= 15 is 0 Å². The van der Waals surface area contributed by atoms with Crippen molar-refractivity contribution in [2.45, 2.75) is 11.5 Å². The fourth-order valence-corrected chi connectivity index (χ4v) is 3.16. The topological polar surface area (TPSA) is 38.3 Å². The molecule has 1 N–H and O–H groups in total. The van der Waals surface area contributed by atoms with E-state index in [4.69, 9.17) is 23.2 Å². The summed E-state index contributed by atoms with van der Waals surface area (Å²) in [6.45, 7) is -2.88. The highest BCUT2D eigenvalue weighted by atomic mass is 35.5. The highest BCUT2D eigenvalue weighted by Gasteiger charge is 2.10. The third-order valence-corrected chi connectivity index (χ3v) is 4.62. The number of amides is 1. The molecule has 0 radical (unpaired) electrons. The summed E-state index contributed by atoms with van der Waals surface area (Å²) in [6.07, 6.45) is 0. The Kier molecular flexibility index (Phi) is 6.50. The van der Waals surface area contributed by atoms with Gasteiger partial charge in [-0.2, -0.15) is 8.78 Å². The van der Waals surface area contributed by atoms with Gasteiger partial charge in [-0.05, 0) is 36.4 Å². The van der Waals surface area contributed by atoms with Crippen LogP contribution in [0.3, 0.4) is 0 Å². The Hall–Kier alpha value is -1.50. The molecule has 0 aliphatic rings. The van der Waals surface area contributed by atoms with Gasteiger partial charge in [0.15, 0.2) is 0 Å². The fourth-order valence-electron chi connectivity index (χ4n) is 1.67. The third kappa shape index (κ3) is 5.57. The predicted molar refractivity (Wildman–Crippen MR) is 88.9 cm³/mol. The maximum Gasteiger partial charge on any atom is 0.387 e. The van der Waals surface area contributed by atoms with Crippen LogP contribution in [-0.2, 0) is 4.79 Å². The molecule has 3 nitrogen and oxygen atoms in total. The molecule has 0 saturated heterocycles. The summed E-state index contributed by atoms with van der Waals surface area (Å²) in [5.74, 6) is -0.137.